The summed E-state index contributed by atoms with van der Waals surface area (Å²) in [5.41, 5.74) is 1.36. The van der Waals surface area contributed by atoms with Crippen molar-refractivity contribution < 1.29 is 10.2 Å². The Labute approximate surface area is 81.3 Å². The third kappa shape index (κ3) is 1.52. The van der Waals surface area contributed by atoms with Crippen LogP contribution < -0.4 is 0 Å². The Morgan fingerprint density at radius 3 is 2.64 bits per heavy atom. The second-order valence-electron chi connectivity index (χ2n) is 2.94. The zero-order chi connectivity index (χ0) is 9.97. The molecule has 0 amide bonds. The molecule has 14 heavy (non-hydrogen) atoms. The highest BCUT2D eigenvalue weighted by atomic mass is 16.3. The minimum absolute atomic E-state index is 0.127. The standard InChI is InChI=1S/C11H9NO2/c13-9-3-4-11(14)10(6-9)8-2-1-5-12-7-8/h1-7,13-14H. The highest BCUT2D eigenvalue weighted by Gasteiger charge is 2.04. The number of benzene rings is 1. The number of aromatic hydroxyl groups is 2. The monoisotopic (exact) mass is 187 g/mol. The summed E-state index contributed by atoms with van der Waals surface area (Å²) in [6.45, 7) is 0. The van der Waals surface area contributed by atoms with E-state index in [1.807, 2.05) is 6.07 Å². The molecule has 0 radical (unpaired) electrons. The lowest BCUT2D eigenvalue weighted by atomic mass is 10.1. The van der Waals surface area contributed by atoms with Gasteiger partial charge in [-0.25, -0.2) is 0 Å². The molecular formula is C11H9NO2. The quantitative estimate of drug-likeness (QED) is 0.672. The lowest BCUT2D eigenvalue weighted by Gasteiger charge is -2.04. The van der Waals surface area contributed by atoms with Gasteiger partial charge in [-0.3, -0.25) is 4.98 Å². The van der Waals surface area contributed by atoms with Crippen molar-refractivity contribution in [2.75, 3.05) is 0 Å². The molecule has 0 atom stereocenters. The number of pyridine rings is 1. The van der Waals surface area contributed by atoms with Gasteiger partial charge in [0.25, 0.3) is 0 Å². The minimum Gasteiger partial charge on any atom is -0.508 e. The summed E-state index contributed by atoms with van der Waals surface area (Å²) in [6, 6.07) is 8.00. The first-order chi connectivity index (χ1) is 6.77. The normalized spacial score (nSPS) is 10.0. The van der Waals surface area contributed by atoms with E-state index in [0.29, 0.717) is 5.56 Å². The van der Waals surface area contributed by atoms with E-state index in [0.717, 1.165) is 5.56 Å². The molecule has 1 aromatic carbocycles. The molecule has 0 unspecified atom stereocenters. The molecule has 0 saturated heterocycles. The van der Waals surface area contributed by atoms with Gasteiger partial charge in [0, 0.05) is 23.5 Å². The second kappa shape index (κ2) is 3.38. The Bertz CT molecular complexity index is 440. The molecular weight excluding hydrogens is 178 g/mol. The highest BCUT2D eigenvalue weighted by Crippen LogP contribution is 2.31. The van der Waals surface area contributed by atoms with Crippen LogP contribution in [0.3, 0.4) is 0 Å². The van der Waals surface area contributed by atoms with Crippen molar-refractivity contribution in [1.82, 2.24) is 4.98 Å². The molecule has 3 nitrogen and oxygen atoms in total. The van der Waals surface area contributed by atoms with Crippen LogP contribution in [0.15, 0.2) is 42.7 Å². The average molecular weight is 187 g/mol. The number of hydrogen-bond donors (Lipinski definition) is 2. The highest BCUT2D eigenvalue weighted by molar-refractivity contribution is 5.70. The number of aromatic nitrogens is 1. The second-order valence-corrected chi connectivity index (χ2v) is 2.94. The smallest absolute Gasteiger partial charge is 0.123 e. The van der Waals surface area contributed by atoms with Crippen LogP contribution >= 0.6 is 0 Å². The molecule has 1 aromatic heterocycles. The van der Waals surface area contributed by atoms with E-state index in [4.69, 9.17) is 0 Å². The maximum absolute atomic E-state index is 9.55. The summed E-state index contributed by atoms with van der Waals surface area (Å²) >= 11 is 0. The van der Waals surface area contributed by atoms with E-state index in [1.165, 1.54) is 18.2 Å². The van der Waals surface area contributed by atoms with E-state index in [2.05, 4.69) is 4.98 Å². The molecule has 2 rings (SSSR count). The van der Waals surface area contributed by atoms with Gasteiger partial charge in [-0.2, -0.15) is 0 Å². The number of hydrogen-bond acceptors (Lipinski definition) is 3. The zero-order valence-corrected chi connectivity index (χ0v) is 7.38. The van der Waals surface area contributed by atoms with Gasteiger partial charge in [-0.05, 0) is 24.3 Å². The van der Waals surface area contributed by atoms with E-state index in [1.54, 1.807) is 18.5 Å². The van der Waals surface area contributed by atoms with E-state index >= 15 is 0 Å². The van der Waals surface area contributed by atoms with E-state index in [-0.39, 0.29) is 11.5 Å². The summed E-state index contributed by atoms with van der Waals surface area (Å²) in [6.07, 6.45) is 3.29. The lowest BCUT2D eigenvalue weighted by molar-refractivity contribution is 0.462. The van der Waals surface area contributed by atoms with Gasteiger partial charge in [0.2, 0.25) is 0 Å². The predicted molar refractivity (Wildman–Crippen MR) is 53.0 cm³/mol. The summed E-state index contributed by atoms with van der Waals surface area (Å²) in [7, 11) is 0. The van der Waals surface area contributed by atoms with Gasteiger partial charge >= 0.3 is 0 Å². The molecule has 70 valence electrons. The molecule has 0 bridgehead atoms. The first-order valence-corrected chi connectivity index (χ1v) is 4.20. The van der Waals surface area contributed by atoms with Crippen LogP contribution in [-0.4, -0.2) is 15.2 Å². The summed E-state index contributed by atoms with van der Waals surface area (Å²) in [5.74, 6) is 0.262. The van der Waals surface area contributed by atoms with E-state index < -0.39 is 0 Å². The topological polar surface area (TPSA) is 53.4 Å². The van der Waals surface area contributed by atoms with Gasteiger partial charge in [-0.1, -0.05) is 6.07 Å². The van der Waals surface area contributed by atoms with Gasteiger partial charge in [0.1, 0.15) is 11.5 Å². The molecule has 2 N–H and O–H groups in total. The van der Waals surface area contributed by atoms with Crippen molar-refractivity contribution in [3.63, 3.8) is 0 Å². The maximum atomic E-state index is 9.55. The van der Waals surface area contributed by atoms with Crippen molar-refractivity contribution in [3.8, 4) is 22.6 Å². The summed E-state index contributed by atoms with van der Waals surface area (Å²) in [5, 5.41) is 18.8. The number of nitrogens with zero attached hydrogens (tertiary/aromatic N) is 1. The molecule has 1 heterocycles. The molecule has 0 saturated carbocycles. The third-order valence-corrected chi connectivity index (χ3v) is 1.95. The molecule has 2 aromatic rings. The predicted octanol–water partition coefficient (Wildman–Crippen LogP) is 2.16. The maximum Gasteiger partial charge on any atom is 0.123 e. The fourth-order valence-electron chi connectivity index (χ4n) is 1.28. The number of phenols is 2. The third-order valence-electron chi connectivity index (χ3n) is 1.95. The van der Waals surface area contributed by atoms with Crippen molar-refractivity contribution in [2.45, 2.75) is 0 Å². The number of phenolic OH excluding ortho intramolecular Hbond substituents is 2. The van der Waals surface area contributed by atoms with Gasteiger partial charge in [0.05, 0.1) is 0 Å². The fourth-order valence-corrected chi connectivity index (χ4v) is 1.28. The first-order valence-electron chi connectivity index (χ1n) is 4.20. The zero-order valence-electron chi connectivity index (χ0n) is 7.38. The largest absolute Gasteiger partial charge is 0.508 e. The fraction of sp³-hybridized carbons (Fsp3) is 0. The Hall–Kier alpha value is -2.03. The van der Waals surface area contributed by atoms with Crippen molar-refractivity contribution in [3.05, 3.63) is 42.7 Å². The Balaban J connectivity index is 2.57. The molecule has 0 aliphatic heterocycles. The molecule has 3 heteroatoms. The van der Waals surface area contributed by atoms with Crippen LogP contribution in [0.4, 0.5) is 0 Å². The van der Waals surface area contributed by atoms with E-state index in [9.17, 15) is 10.2 Å². The Morgan fingerprint density at radius 1 is 1.07 bits per heavy atom. The Kier molecular flexibility index (Phi) is 2.07. The lowest BCUT2D eigenvalue weighted by Crippen LogP contribution is -1.80. The van der Waals surface area contributed by atoms with Crippen LogP contribution in [-0.2, 0) is 0 Å². The average Bonchev–Trinajstić information content (AvgIpc) is 2.23. The van der Waals surface area contributed by atoms with Crippen LogP contribution in [0, 0.1) is 0 Å². The van der Waals surface area contributed by atoms with Crippen molar-refractivity contribution in [1.29, 1.82) is 0 Å². The molecule has 0 aliphatic carbocycles. The Morgan fingerprint density at radius 2 is 1.93 bits per heavy atom. The summed E-state index contributed by atoms with van der Waals surface area (Å²) < 4.78 is 0. The molecule has 0 fully saturated rings. The number of rotatable bonds is 1. The summed E-state index contributed by atoms with van der Waals surface area (Å²) in [4.78, 5) is 3.94. The van der Waals surface area contributed by atoms with Crippen LogP contribution in [0.1, 0.15) is 0 Å². The van der Waals surface area contributed by atoms with Gasteiger partial charge in [0.15, 0.2) is 0 Å². The molecule has 0 aliphatic rings. The van der Waals surface area contributed by atoms with Crippen LogP contribution in [0.2, 0.25) is 0 Å². The molecule has 0 spiro atoms. The van der Waals surface area contributed by atoms with Gasteiger partial charge in [-0.15, -0.1) is 0 Å². The first kappa shape index (κ1) is 8.56. The van der Waals surface area contributed by atoms with Crippen molar-refractivity contribution >= 4 is 0 Å². The van der Waals surface area contributed by atoms with Crippen LogP contribution in [0.5, 0.6) is 11.5 Å². The van der Waals surface area contributed by atoms with Crippen molar-refractivity contribution in [2.24, 2.45) is 0 Å². The SMILES string of the molecule is Oc1ccc(O)c(-c2cccnc2)c1. The van der Waals surface area contributed by atoms with Crippen LogP contribution in [0.25, 0.3) is 11.1 Å². The van der Waals surface area contributed by atoms with Gasteiger partial charge < -0.3 is 10.2 Å². The minimum atomic E-state index is 0.127.